The Labute approximate surface area is 89.0 Å². The second kappa shape index (κ2) is 5.66. The molecule has 1 nitrogen and oxygen atoms in total. The Morgan fingerprint density at radius 1 is 1.38 bits per heavy atom. The summed E-state index contributed by atoms with van der Waals surface area (Å²) in [7, 11) is 0. The van der Waals surface area contributed by atoms with Gasteiger partial charge in [0.25, 0.3) is 0 Å². The highest BCUT2D eigenvalue weighted by atomic mass is 32.2. The Morgan fingerprint density at radius 2 is 2.15 bits per heavy atom. The van der Waals surface area contributed by atoms with Gasteiger partial charge in [0.1, 0.15) is 0 Å². The first-order chi connectivity index (χ1) is 6.40. The molecule has 0 saturated heterocycles. The van der Waals surface area contributed by atoms with Gasteiger partial charge in [0.2, 0.25) is 0 Å². The summed E-state index contributed by atoms with van der Waals surface area (Å²) in [6, 6.07) is 0. The fourth-order valence-electron chi connectivity index (χ4n) is 1.21. The SMILES string of the molecule is CC.CCc1nc2c(s1)SCCC2. The molecule has 0 bridgehead atoms. The van der Waals surface area contributed by atoms with Gasteiger partial charge in [0.15, 0.2) is 0 Å². The van der Waals surface area contributed by atoms with Crippen molar-refractivity contribution in [1.29, 1.82) is 0 Å². The Kier molecular flexibility index (Phi) is 4.81. The molecule has 13 heavy (non-hydrogen) atoms. The van der Waals surface area contributed by atoms with Crippen LogP contribution in [0.3, 0.4) is 0 Å². The van der Waals surface area contributed by atoms with Crippen LogP contribution >= 0.6 is 23.1 Å². The van der Waals surface area contributed by atoms with Gasteiger partial charge in [-0.2, -0.15) is 0 Å². The van der Waals surface area contributed by atoms with E-state index >= 15 is 0 Å². The van der Waals surface area contributed by atoms with Crippen molar-refractivity contribution in [3.05, 3.63) is 10.7 Å². The van der Waals surface area contributed by atoms with Crippen LogP contribution in [0.15, 0.2) is 4.21 Å². The molecule has 2 heterocycles. The molecule has 0 saturated carbocycles. The molecule has 2 rings (SSSR count). The van der Waals surface area contributed by atoms with E-state index in [4.69, 9.17) is 0 Å². The van der Waals surface area contributed by atoms with Crippen LogP contribution in [0.5, 0.6) is 0 Å². The number of thiazole rings is 1. The highest BCUT2D eigenvalue weighted by Crippen LogP contribution is 2.34. The standard InChI is InChI=1S/C8H11NS2.C2H6/c1-2-7-9-6-4-3-5-10-8(6)11-7;1-2/h2-5H2,1H3;1-2H3. The van der Waals surface area contributed by atoms with Crippen LogP contribution in [0.2, 0.25) is 0 Å². The lowest BCUT2D eigenvalue weighted by atomic mass is 10.3. The molecule has 0 aromatic carbocycles. The molecule has 0 atom stereocenters. The van der Waals surface area contributed by atoms with Gasteiger partial charge in [0.05, 0.1) is 14.9 Å². The van der Waals surface area contributed by atoms with E-state index in [1.807, 2.05) is 36.9 Å². The van der Waals surface area contributed by atoms with E-state index in [2.05, 4.69) is 11.9 Å². The van der Waals surface area contributed by atoms with Crippen molar-refractivity contribution in [2.75, 3.05) is 5.75 Å². The number of hydrogen-bond donors (Lipinski definition) is 0. The molecule has 0 radical (unpaired) electrons. The molecular formula is C10H17NS2. The van der Waals surface area contributed by atoms with Gasteiger partial charge in [-0.05, 0) is 25.0 Å². The number of aromatic nitrogens is 1. The van der Waals surface area contributed by atoms with Crippen molar-refractivity contribution in [2.45, 2.75) is 44.2 Å². The van der Waals surface area contributed by atoms with E-state index in [-0.39, 0.29) is 0 Å². The molecule has 0 N–H and O–H groups in total. The Morgan fingerprint density at radius 3 is 2.77 bits per heavy atom. The van der Waals surface area contributed by atoms with Crippen LogP contribution in [-0.4, -0.2) is 10.7 Å². The van der Waals surface area contributed by atoms with Gasteiger partial charge in [0, 0.05) is 0 Å². The summed E-state index contributed by atoms with van der Waals surface area (Å²) in [5.41, 5.74) is 1.36. The van der Waals surface area contributed by atoms with Crippen molar-refractivity contribution in [3.63, 3.8) is 0 Å². The quantitative estimate of drug-likeness (QED) is 0.707. The highest BCUT2D eigenvalue weighted by Gasteiger charge is 2.14. The van der Waals surface area contributed by atoms with Crippen molar-refractivity contribution < 1.29 is 0 Å². The van der Waals surface area contributed by atoms with Crippen LogP contribution < -0.4 is 0 Å². The smallest absolute Gasteiger partial charge is 0.0937 e. The molecular weight excluding hydrogens is 198 g/mol. The van der Waals surface area contributed by atoms with Crippen LogP contribution in [0, 0.1) is 0 Å². The fourth-order valence-corrected chi connectivity index (χ4v) is 3.55. The predicted octanol–water partition coefficient (Wildman–Crippen LogP) is 3.77. The summed E-state index contributed by atoms with van der Waals surface area (Å²) >= 11 is 3.87. The third-order valence-corrected chi connectivity index (χ3v) is 4.43. The average molecular weight is 215 g/mol. The van der Waals surface area contributed by atoms with E-state index in [9.17, 15) is 0 Å². The maximum Gasteiger partial charge on any atom is 0.0937 e. The summed E-state index contributed by atoms with van der Waals surface area (Å²) in [5.74, 6) is 1.29. The Hall–Kier alpha value is -0.0200. The van der Waals surface area contributed by atoms with Gasteiger partial charge in [-0.15, -0.1) is 23.1 Å². The summed E-state index contributed by atoms with van der Waals surface area (Å²) in [5, 5.41) is 1.31. The van der Waals surface area contributed by atoms with Crippen molar-refractivity contribution in [3.8, 4) is 0 Å². The number of fused-ring (bicyclic) bond motifs is 1. The van der Waals surface area contributed by atoms with E-state index in [0.717, 1.165) is 6.42 Å². The summed E-state index contributed by atoms with van der Waals surface area (Å²) in [6.45, 7) is 6.18. The third-order valence-electron chi connectivity index (χ3n) is 1.80. The highest BCUT2D eigenvalue weighted by molar-refractivity contribution is 8.01. The van der Waals surface area contributed by atoms with Crippen LogP contribution in [0.1, 0.15) is 37.9 Å². The maximum atomic E-state index is 4.57. The van der Waals surface area contributed by atoms with Crippen molar-refractivity contribution >= 4 is 23.1 Å². The second-order valence-electron chi connectivity index (χ2n) is 2.65. The number of nitrogens with zero attached hydrogens (tertiary/aromatic N) is 1. The summed E-state index contributed by atoms with van der Waals surface area (Å²) < 4.78 is 1.48. The first-order valence-electron chi connectivity index (χ1n) is 5.01. The van der Waals surface area contributed by atoms with Crippen LogP contribution in [-0.2, 0) is 12.8 Å². The number of rotatable bonds is 1. The fraction of sp³-hybridized carbons (Fsp3) is 0.700. The first kappa shape index (κ1) is 11.1. The lowest BCUT2D eigenvalue weighted by molar-refractivity contribution is 0.857. The molecule has 0 aliphatic carbocycles. The van der Waals surface area contributed by atoms with Crippen molar-refractivity contribution in [1.82, 2.24) is 4.98 Å². The Balaban J connectivity index is 0.000000396. The molecule has 1 aromatic rings. The predicted molar refractivity (Wildman–Crippen MR) is 61.9 cm³/mol. The zero-order chi connectivity index (χ0) is 9.68. The number of thioether (sulfide) groups is 1. The molecule has 0 fully saturated rings. The molecule has 1 aromatic heterocycles. The zero-order valence-corrected chi connectivity index (χ0v) is 10.2. The van der Waals surface area contributed by atoms with E-state index in [1.165, 1.54) is 33.5 Å². The molecule has 0 spiro atoms. The minimum absolute atomic E-state index is 1.10. The van der Waals surface area contributed by atoms with E-state index in [0.29, 0.717) is 0 Å². The van der Waals surface area contributed by atoms with Gasteiger partial charge in [-0.1, -0.05) is 20.8 Å². The van der Waals surface area contributed by atoms with E-state index in [1.54, 1.807) is 0 Å². The number of hydrogen-bond acceptors (Lipinski definition) is 3. The lowest BCUT2D eigenvalue weighted by Crippen LogP contribution is -1.95. The topological polar surface area (TPSA) is 12.9 Å². The van der Waals surface area contributed by atoms with Gasteiger partial charge >= 0.3 is 0 Å². The monoisotopic (exact) mass is 215 g/mol. The molecule has 0 amide bonds. The summed E-state index contributed by atoms with van der Waals surface area (Å²) in [6.07, 6.45) is 3.61. The Bertz CT molecular complexity index is 232. The lowest BCUT2D eigenvalue weighted by Gasteiger charge is -2.06. The zero-order valence-electron chi connectivity index (χ0n) is 8.59. The average Bonchev–Trinajstić information content (AvgIpc) is 2.63. The van der Waals surface area contributed by atoms with Gasteiger partial charge < -0.3 is 0 Å². The van der Waals surface area contributed by atoms with Crippen molar-refractivity contribution in [2.24, 2.45) is 0 Å². The molecule has 0 unspecified atom stereocenters. The third kappa shape index (κ3) is 2.71. The molecule has 1 aliphatic rings. The molecule has 74 valence electrons. The second-order valence-corrected chi connectivity index (χ2v) is 5.09. The van der Waals surface area contributed by atoms with Gasteiger partial charge in [-0.25, -0.2) is 4.98 Å². The molecule has 3 heteroatoms. The van der Waals surface area contributed by atoms with Gasteiger partial charge in [-0.3, -0.25) is 0 Å². The normalized spacial score (nSPS) is 14.4. The van der Waals surface area contributed by atoms with Crippen LogP contribution in [0.4, 0.5) is 0 Å². The minimum Gasteiger partial charge on any atom is -0.245 e. The largest absolute Gasteiger partial charge is 0.245 e. The molecule has 1 aliphatic heterocycles. The summed E-state index contributed by atoms with van der Waals surface area (Å²) in [4.78, 5) is 4.57. The van der Waals surface area contributed by atoms with E-state index < -0.39 is 0 Å². The first-order valence-corrected chi connectivity index (χ1v) is 6.81. The number of aryl methyl sites for hydroxylation is 2. The minimum atomic E-state index is 1.10. The maximum absolute atomic E-state index is 4.57. The van der Waals surface area contributed by atoms with Crippen LogP contribution in [0.25, 0.3) is 0 Å².